The van der Waals surface area contributed by atoms with Crippen molar-refractivity contribution in [2.24, 2.45) is 5.92 Å². The highest BCUT2D eigenvalue weighted by Gasteiger charge is 2.27. The van der Waals surface area contributed by atoms with E-state index < -0.39 is 0 Å². The average molecular weight is 404 g/mol. The van der Waals surface area contributed by atoms with E-state index in [0.717, 1.165) is 46.5 Å². The maximum Gasteiger partial charge on any atom is 0.231 e. The average Bonchev–Trinajstić information content (AvgIpc) is 3.32. The molecule has 1 aromatic carbocycles. The molecule has 4 N–H and O–H groups in total. The second-order valence-corrected chi connectivity index (χ2v) is 8.02. The number of imidazole rings is 1. The van der Waals surface area contributed by atoms with Gasteiger partial charge in [0.2, 0.25) is 12.7 Å². The normalized spacial score (nSPS) is 21.0. The molecule has 1 fully saturated rings. The quantitative estimate of drug-likeness (QED) is 0.490. The van der Waals surface area contributed by atoms with Crippen LogP contribution >= 0.6 is 11.8 Å². The highest BCUT2D eigenvalue weighted by molar-refractivity contribution is 7.98. The van der Waals surface area contributed by atoms with Crippen molar-refractivity contribution in [3.63, 3.8) is 0 Å². The van der Waals surface area contributed by atoms with E-state index in [1.807, 2.05) is 36.9 Å². The van der Waals surface area contributed by atoms with E-state index in [1.165, 1.54) is 0 Å². The molecule has 0 saturated carbocycles. The number of aromatic amines is 1. The Balaban J connectivity index is 1.17. The van der Waals surface area contributed by atoms with E-state index in [-0.39, 0.29) is 24.9 Å². The number of nitrogens with one attached hydrogen (secondary N) is 4. The smallest absolute Gasteiger partial charge is 0.231 e. The molecule has 28 heavy (non-hydrogen) atoms. The molecular formula is C19H25N5O3S. The summed E-state index contributed by atoms with van der Waals surface area (Å²) in [6, 6.07) is 5.85. The van der Waals surface area contributed by atoms with Crippen LogP contribution in [0.1, 0.15) is 17.0 Å². The van der Waals surface area contributed by atoms with Crippen LogP contribution in [0.3, 0.4) is 0 Å². The van der Waals surface area contributed by atoms with E-state index in [2.05, 4.69) is 25.9 Å². The van der Waals surface area contributed by atoms with Crippen molar-refractivity contribution in [3.8, 4) is 11.5 Å². The van der Waals surface area contributed by atoms with Gasteiger partial charge in [-0.25, -0.2) is 4.98 Å². The maximum absolute atomic E-state index is 12.5. The third-order valence-corrected chi connectivity index (χ3v) is 5.88. The molecule has 0 spiro atoms. The van der Waals surface area contributed by atoms with Gasteiger partial charge in [-0.1, -0.05) is 6.07 Å². The van der Waals surface area contributed by atoms with Crippen LogP contribution in [0, 0.1) is 12.8 Å². The number of H-pyrrole nitrogens is 1. The van der Waals surface area contributed by atoms with Crippen LogP contribution in [0.15, 0.2) is 24.5 Å². The first-order chi connectivity index (χ1) is 13.7. The minimum absolute atomic E-state index is 0.0636. The molecule has 0 bridgehead atoms. The number of carbonyl (C=O) groups excluding carboxylic acids is 1. The second-order valence-electron chi connectivity index (χ2n) is 6.92. The van der Waals surface area contributed by atoms with Crippen molar-refractivity contribution in [1.82, 2.24) is 25.9 Å². The number of hydrogen-bond donors (Lipinski definition) is 4. The zero-order chi connectivity index (χ0) is 19.3. The molecule has 2 unspecified atom stereocenters. The van der Waals surface area contributed by atoms with E-state index in [0.29, 0.717) is 13.0 Å². The van der Waals surface area contributed by atoms with Gasteiger partial charge in [-0.2, -0.15) is 11.8 Å². The lowest BCUT2D eigenvalue weighted by atomic mass is 9.97. The fourth-order valence-electron chi connectivity index (χ4n) is 3.28. The molecule has 1 saturated heterocycles. The summed E-state index contributed by atoms with van der Waals surface area (Å²) in [4.78, 5) is 19.8. The molecule has 0 aliphatic carbocycles. The molecule has 4 rings (SSSR count). The predicted molar refractivity (Wildman–Crippen MR) is 107 cm³/mol. The summed E-state index contributed by atoms with van der Waals surface area (Å²) in [5, 5.41) is 9.71. The van der Waals surface area contributed by atoms with Crippen LogP contribution in [0.25, 0.3) is 0 Å². The van der Waals surface area contributed by atoms with Crippen molar-refractivity contribution >= 4 is 17.7 Å². The van der Waals surface area contributed by atoms with E-state index in [1.54, 1.807) is 6.33 Å². The van der Waals surface area contributed by atoms with Crippen LogP contribution in [0.2, 0.25) is 0 Å². The molecule has 2 aliphatic heterocycles. The highest BCUT2D eigenvalue weighted by Crippen LogP contribution is 2.33. The van der Waals surface area contributed by atoms with Gasteiger partial charge in [-0.05, 0) is 31.0 Å². The van der Waals surface area contributed by atoms with Gasteiger partial charge in [-0.3, -0.25) is 15.4 Å². The Hall–Kier alpha value is -2.23. The molecule has 8 nitrogen and oxygen atoms in total. The van der Waals surface area contributed by atoms with Gasteiger partial charge in [0.15, 0.2) is 11.5 Å². The van der Waals surface area contributed by atoms with Crippen molar-refractivity contribution in [3.05, 3.63) is 41.5 Å². The Bertz CT molecular complexity index is 828. The molecule has 2 aromatic rings. The van der Waals surface area contributed by atoms with Crippen molar-refractivity contribution in [2.45, 2.75) is 25.4 Å². The van der Waals surface area contributed by atoms with Gasteiger partial charge in [0, 0.05) is 30.3 Å². The number of hydrogen-bond acceptors (Lipinski definition) is 7. The summed E-state index contributed by atoms with van der Waals surface area (Å²) >= 11 is 1.82. The number of fused-ring (bicyclic) bond motifs is 1. The second kappa shape index (κ2) is 8.85. The number of amides is 1. The van der Waals surface area contributed by atoms with Crippen LogP contribution < -0.4 is 25.4 Å². The third kappa shape index (κ3) is 4.60. The van der Waals surface area contributed by atoms with Crippen LogP contribution in [-0.2, 0) is 17.0 Å². The molecule has 3 heterocycles. The predicted octanol–water partition coefficient (Wildman–Crippen LogP) is 1.13. The van der Waals surface area contributed by atoms with Gasteiger partial charge in [-0.15, -0.1) is 0 Å². The topological polar surface area (TPSA) is 100 Å². The first-order valence-corrected chi connectivity index (χ1v) is 10.6. The Morgan fingerprint density at radius 2 is 2.21 bits per heavy atom. The number of carbonyl (C=O) groups is 1. The Morgan fingerprint density at radius 3 is 3.04 bits per heavy atom. The van der Waals surface area contributed by atoms with Gasteiger partial charge in [0.1, 0.15) is 6.29 Å². The van der Waals surface area contributed by atoms with Crippen LogP contribution in [0.4, 0.5) is 0 Å². The number of nitrogens with zero attached hydrogens (tertiary/aromatic N) is 1. The van der Waals surface area contributed by atoms with Crippen molar-refractivity contribution < 1.29 is 14.3 Å². The number of aromatic nitrogens is 2. The molecule has 2 aliphatic rings. The fraction of sp³-hybridized carbons (Fsp3) is 0.474. The Kier molecular flexibility index (Phi) is 6.04. The summed E-state index contributed by atoms with van der Waals surface area (Å²) in [7, 11) is 0. The fourth-order valence-corrected chi connectivity index (χ4v) is 4.17. The van der Waals surface area contributed by atoms with Gasteiger partial charge >= 0.3 is 0 Å². The van der Waals surface area contributed by atoms with Crippen molar-refractivity contribution in [1.29, 1.82) is 0 Å². The first kappa shape index (κ1) is 19.1. The monoisotopic (exact) mass is 403 g/mol. The minimum Gasteiger partial charge on any atom is -0.454 e. The Morgan fingerprint density at radius 1 is 1.32 bits per heavy atom. The van der Waals surface area contributed by atoms with Crippen LogP contribution in [0.5, 0.6) is 11.5 Å². The molecule has 2 atom stereocenters. The number of thioether (sulfide) groups is 1. The minimum atomic E-state index is -0.187. The van der Waals surface area contributed by atoms with Gasteiger partial charge in [0.25, 0.3) is 0 Å². The number of aryl methyl sites for hydroxylation is 1. The summed E-state index contributed by atoms with van der Waals surface area (Å²) in [5.74, 6) is 3.31. The zero-order valence-corrected chi connectivity index (χ0v) is 16.6. The lowest BCUT2D eigenvalue weighted by molar-refractivity contribution is -0.128. The molecule has 1 aromatic heterocycles. The van der Waals surface area contributed by atoms with E-state index in [4.69, 9.17) is 9.47 Å². The lowest BCUT2D eigenvalue weighted by Crippen LogP contribution is -2.62. The largest absolute Gasteiger partial charge is 0.454 e. The molecule has 150 valence electrons. The molecule has 9 heteroatoms. The van der Waals surface area contributed by atoms with E-state index in [9.17, 15) is 4.79 Å². The summed E-state index contributed by atoms with van der Waals surface area (Å²) < 4.78 is 10.7. The first-order valence-electron chi connectivity index (χ1n) is 9.41. The standard InChI is InChI=1S/C19H25N5O3S/c1-12-15(23-10-22-12)9-28-5-4-20-19-21-8-14(18(25)24-19)6-13-2-3-16-17(7-13)27-11-26-16/h2-3,7,10,14,19-21H,4-6,8-9,11H2,1H3,(H,22,23)(H,24,25). The van der Waals surface area contributed by atoms with Crippen LogP contribution in [-0.4, -0.2) is 47.8 Å². The maximum atomic E-state index is 12.5. The molecular weight excluding hydrogens is 378 g/mol. The zero-order valence-electron chi connectivity index (χ0n) is 15.8. The van der Waals surface area contributed by atoms with Gasteiger partial charge < -0.3 is 19.8 Å². The number of benzene rings is 1. The van der Waals surface area contributed by atoms with Crippen molar-refractivity contribution in [2.75, 3.05) is 25.6 Å². The number of rotatable bonds is 8. The summed E-state index contributed by atoms with van der Waals surface area (Å²) in [5.41, 5.74) is 3.29. The summed E-state index contributed by atoms with van der Waals surface area (Å²) in [6.45, 7) is 3.73. The number of ether oxygens (including phenoxy) is 2. The third-order valence-electron chi connectivity index (χ3n) is 4.91. The lowest BCUT2D eigenvalue weighted by Gasteiger charge is -2.31. The van der Waals surface area contributed by atoms with Gasteiger partial charge in [0.05, 0.1) is 17.9 Å². The Labute approximate surface area is 168 Å². The van der Waals surface area contributed by atoms with E-state index >= 15 is 0 Å². The molecule has 1 amide bonds. The SMILES string of the molecule is Cc1[nH]cnc1CSCCNC1NCC(Cc2ccc3c(c2)OCO3)C(=O)N1. The highest BCUT2D eigenvalue weighted by atomic mass is 32.2. The summed E-state index contributed by atoms with van der Waals surface area (Å²) in [6.07, 6.45) is 2.21. The molecule has 0 radical (unpaired) electrons.